The van der Waals surface area contributed by atoms with Gasteiger partial charge in [-0.25, -0.2) is 4.79 Å². The van der Waals surface area contributed by atoms with Gasteiger partial charge in [-0.1, -0.05) is 85.1 Å². The van der Waals surface area contributed by atoms with E-state index >= 15 is 0 Å². The number of rotatable bonds is 17. The number of esters is 1. The minimum absolute atomic E-state index is 0.216. The predicted molar refractivity (Wildman–Crippen MR) is 109 cm³/mol. The van der Waals surface area contributed by atoms with Gasteiger partial charge in [-0.15, -0.1) is 0 Å². The molecule has 0 heterocycles. The zero-order chi connectivity index (χ0) is 19.0. The molecule has 1 N–H and O–H groups in total. The fraction of sp³-hybridized carbons (Fsp3) is 0.864. The van der Waals surface area contributed by atoms with Crippen molar-refractivity contribution in [3.63, 3.8) is 0 Å². The van der Waals surface area contributed by atoms with Crippen LogP contribution in [-0.4, -0.2) is 24.7 Å². The molecule has 0 atom stereocenters. The summed E-state index contributed by atoms with van der Waals surface area (Å²) in [6, 6.07) is 0. The van der Waals surface area contributed by atoms with E-state index in [4.69, 9.17) is 4.74 Å². The molecule has 0 aromatic heterocycles. The van der Waals surface area contributed by atoms with Crippen LogP contribution < -0.4 is 5.32 Å². The van der Waals surface area contributed by atoms with Gasteiger partial charge in [0.15, 0.2) is 0 Å². The van der Waals surface area contributed by atoms with E-state index in [1.54, 1.807) is 6.92 Å². The summed E-state index contributed by atoms with van der Waals surface area (Å²) in [6.45, 7) is 13.3. The zero-order valence-corrected chi connectivity index (χ0v) is 17.4. The molecule has 0 rings (SSSR count). The van der Waals surface area contributed by atoms with Crippen molar-refractivity contribution in [2.24, 2.45) is 0 Å². The molecule has 0 aliphatic heterocycles. The van der Waals surface area contributed by atoms with E-state index in [2.05, 4.69) is 32.7 Å². The molecular formula is C22H43NO2. The number of carbonyl (C=O) groups excluding carboxylic acids is 1. The van der Waals surface area contributed by atoms with Crippen LogP contribution in [0.25, 0.3) is 0 Å². The molecule has 0 aliphatic rings. The van der Waals surface area contributed by atoms with Crippen LogP contribution in [0.3, 0.4) is 0 Å². The van der Waals surface area contributed by atoms with Crippen LogP contribution in [0.5, 0.6) is 0 Å². The van der Waals surface area contributed by atoms with E-state index in [-0.39, 0.29) is 11.5 Å². The second-order valence-electron chi connectivity index (χ2n) is 7.49. The first kappa shape index (κ1) is 24.2. The van der Waals surface area contributed by atoms with Gasteiger partial charge in [0.1, 0.15) is 6.61 Å². The average Bonchev–Trinajstić information content (AvgIpc) is 2.61. The molecule has 0 bridgehead atoms. The number of ether oxygens (including phenoxy) is 1. The first-order valence-electron chi connectivity index (χ1n) is 10.6. The minimum atomic E-state index is -0.283. The number of carbonyl (C=O) groups is 1. The van der Waals surface area contributed by atoms with Crippen molar-refractivity contribution in [2.75, 3.05) is 13.2 Å². The van der Waals surface area contributed by atoms with Gasteiger partial charge in [-0.2, -0.15) is 0 Å². The van der Waals surface area contributed by atoms with Gasteiger partial charge in [0.2, 0.25) is 0 Å². The molecule has 0 saturated carbocycles. The van der Waals surface area contributed by atoms with Crippen LogP contribution in [0.1, 0.15) is 105 Å². The maximum Gasteiger partial charge on any atom is 0.333 e. The fourth-order valence-corrected chi connectivity index (χ4v) is 3.32. The van der Waals surface area contributed by atoms with Crippen LogP contribution in [0.15, 0.2) is 12.2 Å². The molecule has 25 heavy (non-hydrogen) atoms. The molecule has 3 heteroatoms. The van der Waals surface area contributed by atoms with Crippen molar-refractivity contribution in [1.82, 2.24) is 5.32 Å². The lowest BCUT2D eigenvalue weighted by Gasteiger charge is -2.36. The average molecular weight is 354 g/mol. The number of nitrogens with one attached hydrogen (secondary N) is 1. The maximum absolute atomic E-state index is 11.5. The lowest BCUT2D eigenvalue weighted by Crippen LogP contribution is -2.47. The molecule has 0 spiro atoms. The zero-order valence-electron chi connectivity index (χ0n) is 17.4. The second-order valence-corrected chi connectivity index (χ2v) is 7.49. The minimum Gasteiger partial charge on any atom is -0.461 e. The van der Waals surface area contributed by atoms with Crippen molar-refractivity contribution in [3.05, 3.63) is 12.2 Å². The highest BCUT2D eigenvalue weighted by atomic mass is 16.5. The van der Waals surface area contributed by atoms with Crippen LogP contribution in [0, 0.1) is 0 Å². The molecule has 0 aliphatic carbocycles. The SMILES string of the molecule is C=C(C)C(=O)OCCNC(CCCC)(CCCC)CCCCCCC. The third-order valence-corrected chi connectivity index (χ3v) is 4.96. The van der Waals surface area contributed by atoms with Gasteiger partial charge in [0.25, 0.3) is 0 Å². The van der Waals surface area contributed by atoms with Gasteiger partial charge >= 0.3 is 5.97 Å². The highest BCUT2D eigenvalue weighted by Gasteiger charge is 2.27. The maximum atomic E-state index is 11.5. The van der Waals surface area contributed by atoms with Gasteiger partial charge in [0, 0.05) is 17.7 Å². The molecule has 0 aromatic rings. The molecule has 3 nitrogen and oxygen atoms in total. The van der Waals surface area contributed by atoms with Gasteiger partial charge in [-0.3, -0.25) is 0 Å². The summed E-state index contributed by atoms with van der Waals surface area (Å²) >= 11 is 0. The summed E-state index contributed by atoms with van der Waals surface area (Å²) in [7, 11) is 0. The Morgan fingerprint density at radius 3 is 1.92 bits per heavy atom. The molecule has 0 saturated heterocycles. The van der Waals surface area contributed by atoms with Crippen LogP contribution in [0.2, 0.25) is 0 Å². The first-order chi connectivity index (χ1) is 12.0. The van der Waals surface area contributed by atoms with Crippen LogP contribution >= 0.6 is 0 Å². The second kappa shape index (κ2) is 15.4. The van der Waals surface area contributed by atoms with Crippen LogP contribution in [-0.2, 0) is 9.53 Å². The topological polar surface area (TPSA) is 38.3 Å². The Labute approximate surface area is 157 Å². The predicted octanol–water partition coefficient (Wildman–Crippen LogP) is 6.18. The van der Waals surface area contributed by atoms with E-state index in [0.717, 1.165) is 6.54 Å². The Balaban J connectivity index is 4.57. The molecule has 0 unspecified atom stereocenters. The van der Waals surface area contributed by atoms with Gasteiger partial charge < -0.3 is 10.1 Å². The monoisotopic (exact) mass is 353 g/mol. The molecule has 0 radical (unpaired) electrons. The quantitative estimate of drug-likeness (QED) is 0.193. The van der Waals surface area contributed by atoms with E-state index < -0.39 is 0 Å². The highest BCUT2D eigenvalue weighted by Crippen LogP contribution is 2.28. The van der Waals surface area contributed by atoms with E-state index in [0.29, 0.717) is 12.2 Å². The Morgan fingerprint density at radius 2 is 1.40 bits per heavy atom. The van der Waals surface area contributed by atoms with Crippen molar-refractivity contribution < 1.29 is 9.53 Å². The molecule has 0 amide bonds. The normalized spacial score (nSPS) is 11.5. The third kappa shape index (κ3) is 12.2. The summed E-state index contributed by atoms with van der Waals surface area (Å²) in [4.78, 5) is 11.5. The highest BCUT2D eigenvalue weighted by molar-refractivity contribution is 5.86. The largest absolute Gasteiger partial charge is 0.461 e. The summed E-state index contributed by atoms with van der Waals surface area (Å²) in [5.41, 5.74) is 0.688. The number of hydrogen-bond acceptors (Lipinski definition) is 3. The Kier molecular flexibility index (Phi) is 14.9. The first-order valence-corrected chi connectivity index (χ1v) is 10.6. The summed E-state index contributed by atoms with van der Waals surface area (Å²) < 4.78 is 5.26. The summed E-state index contributed by atoms with van der Waals surface area (Å²) in [5, 5.41) is 3.78. The number of unbranched alkanes of at least 4 members (excludes halogenated alkanes) is 6. The summed E-state index contributed by atoms with van der Waals surface area (Å²) in [6.07, 6.45) is 15.3. The van der Waals surface area contributed by atoms with Gasteiger partial charge in [-0.05, 0) is 26.2 Å². The molecular weight excluding hydrogens is 310 g/mol. The lowest BCUT2D eigenvalue weighted by atomic mass is 9.82. The van der Waals surface area contributed by atoms with Crippen molar-refractivity contribution in [3.8, 4) is 0 Å². The Bertz CT molecular complexity index is 344. The number of hydrogen-bond donors (Lipinski definition) is 1. The van der Waals surface area contributed by atoms with Crippen LogP contribution in [0.4, 0.5) is 0 Å². The van der Waals surface area contributed by atoms with Gasteiger partial charge in [0.05, 0.1) is 0 Å². The van der Waals surface area contributed by atoms with E-state index in [1.165, 1.54) is 77.0 Å². The molecule has 148 valence electrons. The smallest absolute Gasteiger partial charge is 0.333 e. The third-order valence-electron chi connectivity index (χ3n) is 4.96. The molecule has 0 fully saturated rings. The summed E-state index contributed by atoms with van der Waals surface area (Å²) in [5.74, 6) is -0.283. The molecule has 0 aromatic carbocycles. The van der Waals surface area contributed by atoms with Crippen molar-refractivity contribution in [1.29, 1.82) is 0 Å². The Hall–Kier alpha value is -0.830. The van der Waals surface area contributed by atoms with E-state index in [1.807, 2.05) is 0 Å². The Morgan fingerprint density at radius 1 is 0.880 bits per heavy atom. The lowest BCUT2D eigenvalue weighted by molar-refractivity contribution is -0.138. The van der Waals surface area contributed by atoms with Crippen molar-refractivity contribution >= 4 is 5.97 Å². The fourth-order valence-electron chi connectivity index (χ4n) is 3.32. The standard InChI is InChI=1S/C22H43NO2/c1-6-9-12-13-14-17-22(15-10-7-2,16-11-8-3)23-18-19-25-21(24)20(4)5/h23H,4,6-19H2,1-3,5H3. The van der Waals surface area contributed by atoms with Crippen molar-refractivity contribution in [2.45, 2.75) is 110 Å². The van der Waals surface area contributed by atoms with E-state index in [9.17, 15) is 4.79 Å².